The number of likely N-dealkylation sites (N-methyl/N-ethyl adjacent to an activating group) is 1. The second-order valence-corrected chi connectivity index (χ2v) is 5.67. The quantitative estimate of drug-likeness (QED) is 0.659. The van der Waals surface area contributed by atoms with E-state index in [1.54, 1.807) is 13.1 Å². The number of hydrogen-bond acceptors (Lipinski definition) is 5. The third-order valence-electron chi connectivity index (χ3n) is 2.87. The fourth-order valence-electron chi connectivity index (χ4n) is 1.79. The molecule has 0 spiro atoms. The SMILES string of the molecule is COCC(O)CN(C)C(=O)CCCNC(=O)c1cccs1. The highest BCUT2D eigenvalue weighted by Gasteiger charge is 2.13. The molecule has 1 heterocycles. The highest BCUT2D eigenvalue weighted by molar-refractivity contribution is 7.12. The minimum atomic E-state index is -0.678. The first-order valence-corrected chi connectivity index (χ1v) is 7.65. The summed E-state index contributed by atoms with van der Waals surface area (Å²) in [5.74, 6) is -0.170. The Morgan fingerprint density at radius 1 is 1.52 bits per heavy atom. The second kappa shape index (κ2) is 9.49. The summed E-state index contributed by atoms with van der Waals surface area (Å²) >= 11 is 1.38. The van der Waals surface area contributed by atoms with Gasteiger partial charge in [0.1, 0.15) is 0 Å². The molecule has 0 aromatic carbocycles. The molecule has 7 heteroatoms. The molecule has 1 atom stereocenters. The van der Waals surface area contributed by atoms with E-state index in [4.69, 9.17) is 4.74 Å². The average Bonchev–Trinajstić information content (AvgIpc) is 2.97. The van der Waals surface area contributed by atoms with Crippen LogP contribution in [0.1, 0.15) is 22.5 Å². The van der Waals surface area contributed by atoms with Crippen molar-refractivity contribution < 1.29 is 19.4 Å². The van der Waals surface area contributed by atoms with Gasteiger partial charge in [0.15, 0.2) is 0 Å². The Morgan fingerprint density at radius 3 is 2.90 bits per heavy atom. The molecule has 6 nitrogen and oxygen atoms in total. The summed E-state index contributed by atoms with van der Waals surface area (Å²) in [6, 6.07) is 3.58. The molecule has 0 fully saturated rings. The minimum absolute atomic E-state index is 0.0597. The Labute approximate surface area is 128 Å². The number of nitrogens with one attached hydrogen (secondary N) is 1. The van der Waals surface area contributed by atoms with Crippen molar-refractivity contribution in [3.05, 3.63) is 22.4 Å². The lowest BCUT2D eigenvalue weighted by Gasteiger charge is -2.20. The van der Waals surface area contributed by atoms with Crippen LogP contribution in [0.2, 0.25) is 0 Å². The Bertz CT molecular complexity index is 436. The average molecular weight is 314 g/mol. The Hall–Kier alpha value is -1.44. The van der Waals surface area contributed by atoms with Gasteiger partial charge in [-0.2, -0.15) is 0 Å². The largest absolute Gasteiger partial charge is 0.389 e. The van der Waals surface area contributed by atoms with Gasteiger partial charge in [0.05, 0.1) is 17.6 Å². The zero-order valence-corrected chi connectivity index (χ0v) is 13.2. The van der Waals surface area contributed by atoms with Gasteiger partial charge >= 0.3 is 0 Å². The first-order chi connectivity index (χ1) is 10.0. The minimum Gasteiger partial charge on any atom is -0.389 e. The molecule has 0 saturated carbocycles. The molecular weight excluding hydrogens is 292 g/mol. The van der Waals surface area contributed by atoms with E-state index < -0.39 is 6.10 Å². The lowest BCUT2D eigenvalue weighted by molar-refractivity contribution is -0.131. The number of carbonyl (C=O) groups is 2. The molecule has 1 aromatic heterocycles. The van der Waals surface area contributed by atoms with Crippen LogP contribution in [0.5, 0.6) is 0 Å². The van der Waals surface area contributed by atoms with Gasteiger partial charge in [0.25, 0.3) is 5.91 Å². The van der Waals surface area contributed by atoms with Crippen molar-refractivity contribution in [1.29, 1.82) is 0 Å². The van der Waals surface area contributed by atoms with E-state index in [9.17, 15) is 14.7 Å². The van der Waals surface area contributed by atoms with Gasteiger partial charge in [-0.1, -0.05) is 6.07 Å². The molecule has 0 aliphatic rings. The maximum atomic E-state index is 11.8. The molecule has 2 amide bonds. The third kappa shape index (κ3) is 6.70. The lowest BCUT2D eigenvalue weighted by atomic mass is 10.2. The van der Waals surface area contributed by atoms with Crippen LogP contribution in [0, 0.1) is 0 Å². The fraction of sp³-hybridized carbons (Fsp3) is 0.571. The van der Waals surface area contributed by atoms with Crippen LogP contribution in [0.4, 0.5) is 0 Å². The van der Waals surface area contributed by atoms with Crippen LogP contribution in [-0.4, -0.2) is 61.8 Å². The van der Waals surface area contributed by atoms with Crippen molar-refractivity contribution in [2.45, 2.75) is 18.9 Å². The smallest absolute Gasteiger partial charge is 0.261 e. The van der Waals surface area contributed by atoms with Gasteiger partial charge in [0, 0.05) is 33.7 Å². The van der Waals surface area contributed by atoms with Crippen molar-refractivity contribution >= 4 is 23.2 Å². The monoisotopic (exact) mass is 314 g/mol. The summed E-state index contributed by atoms with van der Waals surface area (Å²) in [5.41, 5.74) is 0. The number of hydrogen-bond donors (Lipinski definition) is 2. The summed E-state index contributed by atoms with van der Waals surface area (Å²) in [5, 5.41) is 14.2. The highest BCUT2D eigenvalue weighted by atomic mass is 32.1. The van der Waals surface area contributed by atoms with E-state index in [1.165, 1.54) is 23.3 Å². The Balaban J connectivity index is 2.17. The molecule has 0 saturated heterocycles. The molecule has 1 rings (SSSR count). The van der Waals surface area contributed by atoms with E-state index in [2.05, 4.69) is 5.32 Å². The van der Waals surface area contributed by atoms with E-state index in [0.717, 1.165) is 0 Å². The zero-order chi connectivity index (χ0) is 15.7. The molecule has 0 aliphatic heterocycles. The van der Waals surface area contributed by atoms with Gasteiger partial charge in [-0.15, -0.1) is 11.3 Å². The number of aliphatic hydroxyl groups is 1. The van der Waals surface area contributed by atoms with Gasteiger partial charge in [-0.25, -0.2) is 0 Å². The topological polar surface area (TPSA) is 78.9 Å². The molecule has 1 aromatic rings. The lowest BCUT2D eigenvalue weighted by Crippen LogP contribution is -2.36. The number of methoxy groups -OCH3 is 1. The molecule has 0 radical (unpaired) electrons. The summed E-state index contributed by atoms with van der Waals surface area (Å²) in [4.78, 5) is 25.6. The van der Waals surface area contributed by atoms with Crippen molar-refractivity contribution in [3.63, 3.8) is 0 Å². The molecule has 0 aliphatic carbocycles. The number of nitrogens with zero attached hydrogens (tertiary/aromatic N) is 1. The second-order valence-electron chi connectivity index (χ2n) is 4.72. The first kappa shape index (κ1) is 17.6. The summed E-state index contributed by atoms with van der Waals surface area (Å²) in [6.07, 6.45) is 0.226. The molecule has 0 bridgehead atoms. The maximum absolute atomic E-state index is 11.8. The number of aliphatic hydroxyl groups excluding tert-OH is 1. The Kier molecular flexibility index (Phi) is 7.96. The van der Waals surface area contributed by atoms with Crippen molar-refractivity contribution in [3.8, 4) is 0 Å². The molecule has 1 unspecified atom stereocenters. The van der Waals surface area contributed by atoms with E-state index in [0.29, 0.717) is 24.3 Å². The van der Waals surface area contributed by atoms with Gasteiger partial charge in [0.2, 0.25) is 5.91 Å². The fourth-order valence-corrected chi connectivity index (χ4v) is 2.43. The Morgan fingerprint density at radius 2 is 2.29 bits per heavy atom. The number of rotatable bonds is 9. The van der Waals surface area contributed by atoms with Crippen LogP contribution in [-0.2, 0) is 9.53 Å². The highest BCUT2D eigenvalue weighted by Crippen LogP contribution is 2.07. The summed E-state index contributed by atoms with van der Waals surface area (Å²) < 4.78 is 4.81. The molecule has 21 heavy (non-hydrogen) atoms. The van der Waals surface area contributed by atoms with E-state index in [-0.39, 0.29) is 25.0 Å². The van der Waals surface area contributed by atoms with Crippen LogP contribution in [0.25, 0.3) is 0 Å². The van der Waals surface area contributed by atoms with Gasteiger partial charge < -0.3 is 20.1 Å². The standard InChI is InChI=1S/C14H22N2O4S/c1-16(9-11(17)10-20-2)13(18)6-3-7-15-14(19)12-5-4-8-21-12/h4-5,8,11,17H,3,6-7,9-10H2,1-2H3,(H,15,19). The zero-order valence-electron chi connectivity index (χ0n) is 12.4. The molecular formula is C14H22N2O4S. The number of thiophene rings is 1. The van der Waals surface area contributed by atoms with Gasteiger partial charge in [-0.05, 0) is 17.9 Å². The summed E-state index contributed by atoms with van der Waals surface area (Å²) in [6.45, 7) is 0.902. The first-order valence-electron chi connectivity index (χ1n) is 6.77. The van der Waals surface area contributed by atoms with Crippen LogP contribution in [0.3, 0.4) is 0 Å². The molecule has 118 valence electrons. The predicted octanol–water partition coefficient (Wildman–Crippen LogP) is 0.724. The number of ether oxygens (including phenoxy) is 1. The maximum Gasteiger partial charge on any atom is 0.261 e. The van der Waals surface area contributed by atoms with Crippen LogP contribution < -0.4 is 5.32 Å². The predicted molar refractivity (Wildman–Crippen MR) is 81.4 cm³/mol. The number of carbonyl (C=O) groups excluding carboxylic acids is 2. The van der Waals surface area contributed by atoms with Crippen molar-refractivity contribution in [2.75, 3.05) is 33.9 Å². The molecule has 2 N–H and O–H groups in total. The van der Waals surface area contributed by atoms with Crippen molar-refractivity contribution in [2.24, 2.45) is 0 Å². The number of amides is 2. The van der Waals surface area contributed by atoms with Crippen LogP contribution in [0.15, 0.2) is 17.5 Å². The third-order valence-corrected chi connectivity index (χ3v) is 3.74. The van der Waals surface area contributed by atoms with E-state index >= 15 is 0 Å². The van der Waals surface area contributed by atoms with Crippen LogP contribution >= 0.6 is 11.3 Å². The summed E-state index contributed by atoms with van der Waals surface area (Å²) in [7, 11) is 3.15. The van der Waals surface area contributed by atoms with Crippen molar-refractivity contribution in [1.82, 2.24) is 10.2 Å². The van der Waals surface area contributed by atoms with E-state index in [1.807, 2.05) is 11.4 Å². The normalized spacial score (nSPS) is 12.0. The van der Waals surface area contributed by atoms with Gasteiger partial charge in [-0.3, -0.25) is 9.59 Å².